The zero-order valence-corrected chi connectivity index (χ0v) is 14.4. The minimum atomic E-state index is -0.111. The molecule has 24 heavy (non-hydrogen) atoms. The second kappa shape index (κ2) is 6.72. The Morgan fingerprint density at radius 1 is 0.833 bits per heavy atom. The summed E-state index contributed by atoms with van der Waals surface area (Å²) in [6.45, 7) is 0.832. The summed E-state index contributed by atoms with van der Waals surface area (Å²) in [5.74, 6) is 0. The molecule has 3 aromatic rings. The molecule has 0 radical (unpaired) electrons. The normalized spacial score (nSPS) is 21.4. The fourth-order valence-electron chi connectivity index (χ4n) is 3.88. The van der Waals surface area contributed by atoms with Crippen LogP contribution in [-0.2, 0) is 6.54 Å². The molecule has 0 heterocycles. The molecule has 0 saturated heterocycles. The monoisotopic (exact) mass is 339 g/mol. The number of benzene rings is 3. The average molecular weight is 340 g/mol. The summed E-state index contributed by atoms with van der Waals surface area (Å²) < 4.78 is 0. The maximum atomic E-state index is 9.68. The lowest BCUT2D eigenvalue weighted by atomic mass is 9.92. The molecule has 0 bridgehead atoms. The van der Waals surface area contributed by atoms with E-state index in [1.54, 1.807) is 0 Å². The lowest BCUT2D eigenvalue weighted by molar-refractivity contribution is 0.116. The van der Waals surface area contributed by atoms with E-state index in [0.29, 0.717) is 6.04 Å². The quantitative estimate of drug-likeness (QED) is 0.655. The highest BCUT2D eigenvalue weighted by Crippen LogP contribution is 2.36. The van der Waals surface area contributed by atoms with Crippen LogP contribution in [-0.4, -0.2) is 17.3 Å². The standard InChI is InChI=1S/C21H22ClNO/c22-21-18-7-3-1-5-16(18)20(17-6-2-4-8-19(17)21)13-23-14-9-11-15(24)12-10-14/h1-8,14-15,23-24H,9-13H2. The van der Waals surface area contributed by atoms with Gasteiger partial charge < -0.3 is 10.4 Å². The first-order valence-corrected chi connectivity index (χ1v) is 9.11. The second-order valence-corrected chi connectivity index (χ2v) is 7.15. The zero-order chi connectivity index (χ0) is 16.5. The van der Waals surface area contributed by atoms with Crippen LogP contribution < -0.4 is 5.32 Å². The van der Waals surface area contributed by atoms with Crippen molar-refractivity contribution in [1.29, 1.82) is 0 Å². The van der Waals surface area contributed by atoms with Crippen LogP contribution in [0.2, 0.25) is 5.02 Å². The van der Waals surface area contributed by atoms with Crippen LogP contribution in [0.5, 0.6) is 0 Å². The number of hydrogen-bond acceptors (Lipinski definition) is 2. The van der Waals surface area contributed by atoms with Gasteiger partial charge in [-0.2, -0.15) is 0 Å². The van der Waals surface area contributed by atoms with Gasteiger partial charge in [-0.05, 0) is 42.0 Å². The van der Waals surface area contributed by atoms with Gasteiger partial charge in [-0.15, -0.1) is 0 Å². The third-order valence-corrected chi connectivity index (χ3v) is 5.65. The fraction of sp³-hybridized carbons (Fsp3) is 0.333. The van der Waals surface area contributed by atoms with Crippen LogP contribution in [0, 0.1) is 0 Å². The number of hydrogen-bond donors (Lipinski definition) is 2. The molecule has 1 aliphatic carbocycles. The van der Waals surface area contributed by atoms with Gasteiger partial charge in [0.2, 0.25) is 0 Å². The summed E-state index contributed by atoms with van der Waals surface area (Å²) >= 11 is 6.66. The van der Waals surface area contributed by atoms with Gasteiger partial charge in [-0.1, -0.05) is 60.1 Å². The number of aliphatic hydroxyl groups is 1. The van der Waals surface area contributed by atoms with Crippen molar-refractivity contribution in [3.63, 3.8) is 0 Å². The maximum absolute atomic E-state index is 9.68. The van der Waals surface area contributed by atoms with Gasteiger partial charge in [0.1, 0.15) is 0 Å². The lowest BCUT2D eigenvalue weighted by Crippen LogP contribution is -2.34. The predicted octanol–water partition coefficient (Wildman–Crippen LogP) is 5.04. The highest BCUT2D eigenvalue weighted by Gasteiger charge is 2.19. The summed E-state index contributed by atoms with van der Waals surface area (Å²) in [7, 11) is 0. The van der Waals surface area contributed by atoms with E-state index in [2.05, 4.69) is 41.7 Å². The smallest absolute Gasteiger partial charge is 0.0562 e. The predicted molar refractivity (Wildman–Crippen MR) is 102 cm³/mol. The van der Waals surface area contributed by atoms with Crippen molar-refractivity contribution < 1.29 is 5.11 Å². The third kappa shape index (κ3) is 2.90. The first kappa shape index (κ1) is 15.9. The number of nitrogens with one attached hydrogen (secondary N) is 1. The molecule has 0 spiro atoms. The van der Waals surface area contributed by atoms with E-state index in [-0.39, 0.29) is 6.10 Å². The van der Waals surface area contributed by atoms with Crippen molar-refractivity contribution in [3.05, 3.63) is 59.1 Å². The highest BCUT2D eigenvalue weighted by molar-refractivity contribution is 6.41. The lowest BCUT2D eigenvalue weighted by Gasteiger charge is -2.27. The van der Waals surface area contributed by atoms with Crippen molar-refractivity contribution in [3.8, 4) is 0 Å². The van der Waals surface area contributed by atoms with Crippen LogP contribution in [0.3, 0.4) is 0 Å². The molecule has 4 rings (SSSR count). The van der Waals surface area contributed by atoms with Crippen LogP contribution in [0.15, 0.2) is 48.5 Å². The van der Waals surface area contributed by atoms with Crippen LogP contribution in [0.4, 0.5) is 0 Å². The molecule has 0 aliphatic heterocycles. The molecular weight excluding hydrogens is 318 g/mol. The Bertz CT molecular complexity index is 811. The van der Waals surface area contributed by atoms with E-state index >= 15 is 0 Å². The van der Waals surface area contributed by atoms with E-state index in [4.69, 9.17) is 11.6 Å². The van der Waals surface area contributed by atoms with Crippen LogP contribution >= 0.6 is 11.6 Å². The molecule has 1 fully saturated rings. The Balaban J connectivity index is 1.73. The van der Waals surface area contributed by atoms with E-state index in [9.17, 15) is 5.11 Å². The van der Waals surface area contributed by atoms with Gasteiger partial charge >= 0.3 is 0 Å². The summed E-state index contributed by atoms with van der Waals surface area (Å²) in [5, 5.41) is 18.9. The summed E-state index contributed by atoms with van der Waals surface area (Å²) in [6, 6.07) is 17.3. The average Bonchev–Trinajstić information content (AvgIpc) is 2.63. The van der Waals surface area contributed by atoms with Gasteiger partial charge in [-0.25, -0.2) is 0 Å². The Labute approximate surface area is 147 Å². The summed E-state index contributed by atoms with van der Waals surface area (Å²) in [6.07, 6.45) is 3.79. The minimum Gasteiger partial charge on any atom is -0.393 e. The molecular formula is C21H22ClNO. The molecule has 2 nitrogen and oxygen atoms in total. The molecule has 3 aromatic carbocycles. The molecule has 0 atom stereocenters. The zero-order valence-electron chi connectivity index (χ0n) is 13.6. The molecule has 1 aliphatic rings. The number of rotatable bonds is 3. The van der Waals surface area contributed by atoms with Gasteiger partial charge in [0, 0.05) is 23.4 Å². The fourth-order valence-corrected chi connectivity index (χ4v) is 4.21. The molecule has 124 valence electrons. The van der Waals surface area contributed by atoms with E-state index in [1.807, 2.05) is 12.1 Å². The molecule has 1 saturated carbocycles. The van der Waals surface area contributed by atoms with Crippen molar-refractivity contribution >= 4 is 33.1 Å². The SMILES string of the molecule is OC1CCC(NCc2c3ccccc3c(Cl)c3ccccc23)CC1. The van der Waals surface area contributed by atoms with Crippen molar-refractivity contribution in [1.82, 2.24) is 5.32 Å². The molecule has 0 amide bonds. The number of aliphatic hydroxyl groups excluding tert-OH is 1. The largest absolute Gasteiger partial charge is 0.393 e. The van der Waals surface area contributed by atoms with Crippen molar-refractivity contribution in [2.45, 2.75) is 44.4 Å². The maximum Gasteiger partial charge on any atom is 0.0562 e. The number of fused-ring (bicyclic) bond motifs is 2. The number of halogens is 1. The third-order valence-electron chi connectivity index (χ3n) is 5.24. The van der Waals surface area contributed by atoms with Gasteiger partial charge in [0.05, 0.1) is 11.1 Å². The first-order chi connectivity index (χ1) is 11.7. The molecule has 3 heteroatoms. The Kier molecular flexibility index (Phi) is 4.45. The van der Waals surface area contributed by atoms with Gasteiger partial charge in [0.25, 0.3) is 0 Å². The first-order valence-electron chi connectivity index (χ1n) is 8.73. The Morgan fingerprint density at radius 2 is 1.33 bits per heavy atom. The van der Waals surface area contributed by atoms with Crippen LogP contribution in [0.1, 0.15) is 31.2 Å². The van der Waals surface area contributed by atoms with E-state index in [0.717, 1.165) is 48.0 Å². The Hall–Kier alpha value is -1.61. The minimum absolute atomic E-state index is 0.111. The summed E-state index contributed by atoms with van der Waals surface area (Å²) in [5.41, 5.74) is 1.32. The summed E-state index contributed by atoms with van der Waals surface area (Å²) in [4.78, 5) is 0. The van der Waals surface area contributed by atoms with Gasteiger partial charge in [-0.3, -0.25) is 0 Å². The van der Waals surface area contributed by atoms with Gasteiger partial charge in [0.15, 0.2) is 0 Å². The molecule has 0 unspecified atom stereocenters. The Morgan fingerprint density at radius 3 is 1.88 bits per heavy atom. The topological polar surface area (TPSA) is 32.3 Å². The molecule has 0 aromatic heterocycles. The second-order valence-electron chi connectivity index (χ2n) is 6.77. The highest BCUT2D eigenvalue weighted by atomic mass is 35.5. The molecule has 2 N–H and O–H groups in total. The van der Waals surface area contributed by atoms with Crippen molar-refractivity contribution in [2.75, 3.05) is 0 Å². The van der Waals surface area contributed by atoms with E-state index in [1.165, 1.54) is 16.3 Å². The van der Waals surface area contributed by atoms with E-state index < -0.39 is 0 Å². The van der Waals surface area contributed by atoms with Crippen LogP contribution in [0.25, 0.3) is 21.5 Å². The van der Waals surface area contributed by atoms with Crippen molar-refractivity contribution in [2.24, 2.45) is 0 Å².